The molecule has 0 bridgehead atoms. The van der Waals surface area contributed by atoms with Crippen molar-refractivity contribution in [1.82, 2.24) is 0 Å². The molecule has 0 amide bonds. The van der Waals surface area contributed by atoms with Gasteiger partial charge >= 0.3 is 0 Å². The number of aromatic hydroxyl groups is 2. The summed E-state index contributed by atoms with van der Waals surface area (Å²) in [6.07, 6.45) is 0.437. The molecule has 4 N–H and O–H groups in total. The second-order valence-electron chi connectivity index (χ2n) is 4.82. The first-order valence-electron chi connectivity index (χ1n) is 6.35. The largest absolute Gasteiger partial charge is 0.502 e. The number of halogens is 2. The van der Waals surface area contributed by atoms with E-state index >= 15 is 0 Å². The monoisotopic (exact) mass is 333 g/mol. The van der Waals surface area contributed by atoms with Crippen molar-refractivity contribution in [3.63, 3.8) is 0 Å². The Kier molecular flexibility index (Phi) is 3.42. The lowest BCUT2D eigenvalue weighted by atomic mass is 10.1. The molecule has 2 aromatic rings. The molecule has 1 aliphatic heterocycles. The summed E-state index contributed by atoms with van der Waals surface area (Å²) in [5.74, 6) is -4.57. The minimum atomic E-state index is -3.19. The molecular formula is C13H13F2NO5S. The molecule has 0 unspecified atom stereocenters. The van der Waals surface area contributed by atoms with E-state index < -0.39 is 51.1 Å². The van der Waals surface area contributed by atoms with Crippen LogP contribution in [0.1, 0.15) is 6.42 Å². The van der Waals surface area contributed by atoms with Gasteiger partial charge in [-0.2, -0.15) is 0 Å². The average Bonchev–Trinajstić information content (AvgIpc) is 2.92. The van der Waals surface area contributed by atoms with Crippen LogP contribution in [-0.4, -0.2) is 31.6 Å². The van der Waals surface area contributed by atoms with E-state index in [0.29, 0.717) is 6.42 Å². The highest BCUT2D eigenvalue weighted by Crippen LogP contribution is 2.57. The highest BCUT2D eigenvalue weighted by Gasteiger charge is 2.36. The molecule has 1 aliphatic rings. The minimum Gasteiger partial charge on any atom is -0.502 e. The fourth-order valence-corrected chi connectivity index (χ4v) is 3.90. The van der Waals surface area contributed by atoms with E-state index in [0.717, 1.165) is 22.5 Å². The van der Waals surface area contributed by atoms with Crippen molar-refractivity contribution < 1.29 is 32.5 Å². The summed E-state index contributed by atoms with van der Waals surface area (Å²) < 4.78 is 53.5. The standard InChI is InChI=1S/C13H13F2NO5S/c14-7-3-1-4-8(15)9(7)12-10(17)11(18)13(21-12)16-5-2-6-22(16,19)20/h1,3-4,17-20H,2,5-6H2. The van der Waals surface area contributed by atoms with Crippen LogP contribution in [0.15, 0.2) is 22.6 Å². The second-order valence-corrected chi connectivity index (χ2v) is 6.94. The van der Waals surface area contributed by atoms with Crippen LogP contribution >= 0.6 is 10.8 Å². The van der Waals surface area contributed by atoms with E-state index in [1.54, 1.807) is 0 Å². The molecule has 0 saturated carbocycles. The van der Waals surface area contributed by atoms with Crippen LogP contribution < -0.4 is 4.31 Å². The summed E-state index contributed by atoms with van der Waals surface area (Å²) >= 11 is 0. The van der Waals surface area contributed by atoms with Crippen LogP contribution in [-0.2, 0) is 0 Å². The molecule has 0 atom stereocenters. The van der Waals surface area contributed by atoms with Gasteiger partial charge in [-0.15, -0.1) is 10.8 Å². The van der Waals surface area contributed by atoms with E-state index in [2.05, 4.69) is 0 Å². The number of hydrogen-bond acceptors (Lipinski definition) is 6. The Balaban J connectivity index is 2.15. The van der Waals surface area contributed by atoms with Gasteiger partial charge in [-0.25, -0.2) is 13.1 Å². The third-order valence-corrected chi connectivity index (χ3v) is 5.28. The zero-order chi connectivity index (χ0) is 16.1. The first kappa shape index (κ1) is 14.9. The molecule has 2 heterocycles. The van der Waals surface area contributed by atoms with Crippen molar-refractivity contribution in [3.05, 3.63) is 29.8 Å². The molecule has 1 aromatic heterocycles. The number of anilines is 1. The first-order chi connectivity index (χ1) is 10.3. The van der Waals surface area contributed by atoms with Crippen LogP contribution in [0.2, 0.25) is 0 Å². The normalized spacial score (nSPS) is 18.6. The van der Waals surface area contributed by atoms with Gasteiger partial charge in [0.05, 0.1) is 11.3 Å². The van der Waals surface area contributed by atoms with E-state index in [1.807, 2.05) is 0 Å². The second kappa shape index (κ2) is 5.04. The number of rotatable bonds is 2. The maximum Gasteiger partial charge on any atom is 0.261 e. The Hall–Kier alpha value is -1.97. The maximum atomic E-state index is 13.8. The molecule has 0 radical (unpaired) electrons. The molecule has 120 valence electrons. The van der Waals surface area contributed by atoms with Crippen LogP contribution in [0.5, 0.6) is 11.5 Å². The Morgan fingerprint density at radius 3 is 2.27 bits per heavy atom. The van der Waals surface area contributed by atoms with Crippen molar-refractivity contribution in [2.75, 3.05) is 16.6 Å². The fourth-order valence-electron chi connectivity index (χ4n) is 2.35. The van der Waals surface area contributed by atoms with E-state index in [1.165, 1.54) is 0 Å². The molecule has 1 fully saturated rings. The van der Waals surface area contributed by atoms with Crippen molar-refractivity contribution in [3.8, 4) is 22.8 Å². The molecule has 9 heteroatoms. The lowest BCUT2D eigenvalue weighted by molar-refractivity contribution is 0.408. The lowest BCUT2D eigenvalue weighted by Crippen LogP contribution is -2.21. The number of benzene rings is 1. The van der Waals surface area contributed by atoms with Gasteiger partial charge in [0, 0.05) is 6.54 Å². The predicted octanol–water partition coefficient (Wildman–Crippen LogP) is 3.51. The number of hydrogen-bond donors (Lipinski definition) is 4. The quantitative estimate of drug-likeness (QED) is 0.671. The van der Waals surface area contributed by atoms with Crippen LogP contribution in [0.3, 0.4) is 0 Å². The molecule has 22 heavy (non-hydrogen) atoms. The van der Waals surface area contributed by atoms with Gasteiger partial charge in [-0.05, 0) is 18.6 Å². The van der Waals surface area contributed by atoms with E-state index in [4.69, 9.17) is 4.42 Å². The summed E-state index contributed by atoms with van der Waals surface area (Å²) in [6.45, 7) is 0.169. The Morgan fingerprint density at radius 2 is 1.73 bits per heavy atom. The summed E-state index contributed by atoms with van der Waals surface area (Å²) in [6, 6.07) is 3.09. The number of furan rings is 1. The van der Waals surface area contributed by atoms with Gasteiger partial charge in [0.1, 0.15) is 11.6 Å². The summed E-state index contributed by atoms with van der Waals surface area (Å²) in [5.41, 5.74) is -0.641. The lowest BCUT2D eigenvalue weighted by Gasteiger charge is -2.35. The van der Waals surface area contributed by atoms with Crippen molar-refractivity contribution >= 4 is 16.7 Å². The maximum absolute atomic E-state index is 13.8. The van der Waals surface area contributed by atoms with Gasteiger partial charge in [-0.3, -0.25) is 9.11 Å². The van der Waals surface area contributed by atoms with Crippen LogP contribution in [0.4, 0.5) is 14.7 Å². The topological polar surface area (TPSA) is 97.3 Å². The zero-order valence-electron chi connectivity index (χ0n) is 11.2. The van der Waals surface area contributed by atoms with E-state index in [9.17, 15) is 28.1 Å². The Bertz CT molecular complexity index is 713. The zero-order valence-corrected chi connectivity index (χ0v) is 12.0. The molecule has 0 spiro atoms. The predicted molar refractivity (Wildman–Crippen MR) is 77.1 cm³/mol. The summed E-state index contributed by atoms with van der Waals surface area (Å²) in [7, 11) is -3.19. The SMILES string of the molecule is Oc1c(-c2c(F)cccc2F)oc(N2CCCS2(O)O)c1O. The fraction of sp³-hybridized carbons (Fsp3) is 0.231. The van der Waals surface area contributed by atoms with Gasteiger partial charge < -0.3 is 14.6 Å². The highest BCUT2D eigenvalue weighted by atomic mass is 32.3. The van der Waals surface area contributed by atoms with E-state index in [-0.39, 0.29) is 12.3 Å². The smallest absolute Gasteiger partial charge is 0.261 e. The van der Waals surface area contributed by atoms with Gasteiger partial charge in [0.2, 0.25) is 11.5 Å². The Morgan fingerprint density at radius 1 is 1.09 bits per heavy atom. The van der Waals surface area contributed by atoms with Gasteiger partial charge in [0.25, 0.3) is 5.88 Å². The molecule has 1 aromatic carbocycles. The third kappa shape index (κ3) is 2.18. The van der Waals surface area contributed by atoms with Crippen molar-refractivity contribution in [2.45, 2.75) is 6.42 Å². The average molecular weight is 333 g/mol. The molecule has 6 nitrogen and oxygen atoms in total. The number of nitrogens with zero attached hydrogens (tertiary/aromatic N) is 1. The summed E-state index contributed by atoms with van der Waals surface area (Å²) in [5, 5.41) is 19.8. The van der Waals surface area contributed by atoms with Crippen molar-refractivity contribution in [1.29, 1.82) is 0 Å². The molecular weight excluding hydrogens is 320 g/mol. The summed E-state index contributed by atoms with van der Waals surface area (Å²) in [4.78, 5) is 0. The van der Waals surface area contributed by atoms with Crippen LogP contribution in [0, 0.1) is 11.6 Å². The van der Waals surface area contributed by atoms with Crippen molar-refractivity contribution in [2.24, 2.45) is 0 Å². The first-order valence-corrected chi connectivity index (χ1v) is 8.03. The molecule has 3 rings (SSSR count). The highest BCUT2D eigenvalue weighted by molar-refractivity contribution is 8.25. The van der Waals surface area contributed by atoms with Crippen LogP contribution in [0.25, 0.3) is 11.3 Å². The van der Waals surface area contributed by atoms with Gasteiger partial charge in [-0.1, -0.05) is 6.07 Å². The minimum absolute atomic E-state index is 0.0806. The Labute approximate surface area is 125 Å². The van der Waals surface area contributed by atoms with Gasteiger partial charge in [0.15, 0.2) is 5.76 Å². The molecule has 1 saturated heterocycles. The third-order valence-electron chi connectivity index (χ3n) is 3.39. The molecule has 0 aliphatic carbocycles.